The molecule has 0 aliphatic heterocycles. The Labute approximate surface area is 112 Å². The van der Waals surface area contributed by atoms with Gasteiger partial charge < -0.3 is 4.90 Å². The van der Waals surface area contributed by atoms with Gasteiger partial charge in [-0.1, -0.05) is 35.3 Å². The van der Waals surface area contributed by atoms with Crippen LogP contribution in [0.1, 0.15) is 6.92 Å². The average molecular weight is 265 g/mol. The molecule has 0 N–H and O–H groups in total. The van der Waals surface area contributed by atoms with E-state index in [1.165, 1.54) is 0 Å². The summed E-state index contributed by atoms with van der Waals surface area (Å²) in [5.41, 5.74) is 2.06. The molecule has 0 amide bonds. The molecule has 17 heavy (non-hydrogen) atoms. The Kier molecular flexibility index (Phi) is 3.93. The van der Waals surface area contributed by atoms with Crippen LogP contribution in [0.2, 0.25) is 10.0 Å². The van der Waals surface area contributed by atoms with Gasteiger partial charge in [0.1, 0.15) is 0 Å². The Morgan fingerprint density at radius 1 is 1.12 bits per heavy atom. The molecule has 1 nitrogen and oxygen atoms in total. The van der Waals surface area contributed by atoms with Crippen LogP contribution in [0.15, 0.2) is 42.5 Å². The van der Waals surface area contributed by atoms with Gasteiger partial charge in [0.25, 0.3) is 0 Å². The highest BCUT2D eigenvalue weighted by Gasteiger charge is 2.10. The van der Waals surface area contributed by atoms with E-state index < -0.39 is 0 Å². The summed E-state index contributed by atoms with van der Waals surface area (Å²) in [6, 6.07) is 16.3. The maximum absolute atomic E-state index is 6.22. The maximum atomic E-state index is 6.22. The van der Waals surface area contributed by atoms with Crippen LogP contribution in [0.5, 0.6) is 0 Å². The molecule has 3 heteroatoms. The molecule has 0 atom stereocenters. The van der Waals surface area contributed by atoms with E-state index in [4.69, 9.17) is 23.2 Å². The molecule has 2 rings (SSSR count). The lowest BCUT2D eigenvalue weighted by Crippen LogP contribution is -2.16. The van der Waals surface area contributed by atoms with Crippen molar-refractivity contribution in [2.75, 3.05) is 11.4 Å². The van der Waals surface area contributed by atoms with E-state index in [0.29, 0.717) is 10.0 Å². The van der Waals surface area contributed by atoms with Crippen molar-refractivity contribution in [3.05, 3.63) is 58.6 Å². The first-order valence-corrected chi connectivity index (χ1v) is 6.16. The lowest BCUT2D eigenvalue weighted by atomic mass is 10.2. The first-order chi connectivity index (χ1) is 8.22. The van der Waals surface area contributed by atoms with E-state index in [9.17, 15) is 0 Å². The highest BCUT2D eigenvalue weighted by molar-refractivity contribution is 6.36. The van der Waals surface area contributed by atoms with Crippen LogP contribution in [0, 0.1) is 6.07 Å². The van der Waals surface area contributed by atoms with E-state index in [1.807, 2.05) is 36.4 Å². The molecule has 1 radical (unpaired) electrons. The largest absolute Gasteiger partial charge is 0.341 e. The van der Waals surface area contributed by atoms with Crippen LogP contribution in [-0.2, 0) is 0 Å². The number of anilines is 2. The fourth-order valence-electron chi connectivity index (χ4n) is 1.75. The monoisotopic (exact) mass is 264 g/mol. The minimum Gasteiger partial charge on any atom is -0.341 e. The van der Waals surface area contributed by atoms with E-state index in [0.717, 1.165) is 17.9 Å². The lowest BCUT2D eigenvalue weighted by Gasteiger charge is -2.24. The molecule has 0 aliphatic rings. The van der Waals surface area contributed by atoms with Gasteiger partial charge in [-0.25, -0.2) is 0 Å². The summed E-state index contributed by atoms with van der Waals surface area (Å²) in [5.74, 6) is 0. The Morgan fingerprint density at radius 2 is 1.82 bits per heavy atom. The first-order valence-electron chi connectivity index (χ1n) is 5.41. The van der Waals surface area contributed by atoms with Gasteiger partial charge >= 0.3 is 0 Å². The van der Waals surface area contributed by atoms with Gasteiger partial charge in [-0.3, -0.25) is 0 Å². The molecule has 0 unspecified atom stereocenters. The minimum atomic E-state index is 0.649. The number of rotatable bonds is 3. The molecular formula is C14H12Cl2N. The molecule has 0 saturated carbocycles. The zero-order valence-electron chi connectivity index (χ0n) is 9.45. The van der Waals surface area contributed by atoms with Crippen LogP contribution >= 0.6 is 23.2 Å². The molecule has 0 aromatic heterocycles. The van der Waals surface area contributed by atoms with Crippen LogP contribution < -0.4 is 4.90 Å². The molecule has 0 aliphatic carbocycles. The van der Waals surface area contributed by atoms with Gasteiger partial charge in [-0.05, 0) is 43.3 Å². The maximum Gasteiger partial charge on any atom is 0.0657 e. The summed E-state index contributed by atoms with van der Waals surface area (Å²) in [7, 11) is 0. The topological polar surface area (TPSA) is 3.24 Å². The van der Waals surface area contributed by atoms with Crippen molar-refractivity contribution in [3.8, 4) is 0 Å². The number of nitrogens with zero attached hydrogens (tertiary/aromatic N) is 1. The summed E-state index contributed by atoms with van der Waals surface area (Å²) in [6.45, 7) is 2.92. The Bertz CT molecular complexity index is 497. The second-order valence-corrected chi connectivity index (χ2v) is 4.44. The third-order valence-corrected chi connectivity index (χ3v) is 3.07. The normalized spacial score (nSPS) is 10.3. The van der Waals surface area contributed by atoms with Crippen molar-refractivity contribution >= 4 is 34.6 Å². The summed E-state index contributed by atoms with van der Waals surface area (Å²) in [4.78, 5) is 2.13. The van der Waals surface area contributed by atoms with Gasteiger partial charge in [-0.2, -0.15) is 0 Å². The summed E-state index contributed by atoms with van der Waals surface area (Å²) in [6.07, 6.45) is 0. The number of hydrogen-bond acceptors (Lipinski definition) is 1. The summed E-state index contributed by atoms with van der Waals surface area (Å²) < 4.78 is 0. The van der Waals surface area contributed by atoms with Gasteiger partial charge in [0.15, 0.2) is 0 Å². The highest BCUT2D eigenvalue weighted by atomic mass is 35.5. The van der Waals surface area contributed by atoms with Crippen LogP contribution in [0.3, 0.4) is 0 Å². The second-order valence-electron chi connectivity index (χ2n) is 3.60. The number of benzene rings is 2. The van der Waals surface area contributed by atoms with Crippen molar-refractivity contribution in [2.24, 2.45) is 0 Å². The molecule has 0 fully saturated rings. The predicted octanol–water partition coefficient (Wildman–Crippen LogP) is 4.95. The summed E-state index contributed by atoms with van der Waals surface area (Å²) >= 11 is 12.1. The summed E-state index contributed by atoms with van der Waals surface area (Å²) in [5, 5.41) is 1.31. The van der Waals surface area contributed by atoms with Crippen LogP contribution in [-0.4, -0.2) is 6.54 Å². The zero-order chi connectivity index (χ0) is 12.3. The molecule has 0 spiro atoms. The standard InChI is InChI=1S/C14H12Cl2N/c1-2-17(12-6-4-3-5-7-12)14-9-8-11(15)10-13(14)16/h4-10H,2H2,1H3. The number of halogens is 2. The first kappa shape index (κ1) is 12.3. The molecule has 0 bridgehead atoms. The molecule has 2 aromatic carbocycles. The van der Waals surface area contributed by atoms with E-state index >= 15 is 0 Å². The quantitative estimate of drug-likeness (QED) is 0.758. The molecule has 2 aromatic rings. The minimum absolute atomic E-state index is 0.649. The Balaban J connectivity index is 2.42. The van der Waals surface area contributed by atoms with Gasteiger partial charge in [0.05, 0.1) is 10.7 Å². The van der Waals surface area contributed by atoms with E-state index in [2.05, 4.69) is 17.9 Å². The Hall–Kier alpha value is -1.18. The van der Waals surface area contributed by atoms with Crippen LogP contribution in [0.25, 0.3) is 0 Å². The molecule has 0 heterocycles. The lowest BCUT2D eigenvalue weighted by molar-refractivity contribution is 1.02. The van der Waals surface area contributed by atoms with Gasteiger partial charge in [0.2, 0.25) is 0 Å². The van der Waals surface area contributed by atoms with Crippen molar-refractivity contribution in [1.82, 2.24) is 0 Å². The molecule has 0 saturated heterocycles. The van der Waals surface area contributed by atoms with E-state index in [1.54, 1.807) is 6.07 Å². The smallest absolute Gasteiger partial charge is 0.0657 e. The van der Waals surface area contributed by atoms with Crippen molar-refractivity contribution in [1.29, 1.82) is 0 Å². The van der Waals surface area contributed by atoms with E-state index in [-0.39, 0.29) is 0 Å². The van der Waals surface area contributed by atoms with Crippen LogP contribution in [0.4, 0.5) is 11.4 Å². The fourth-order valence-corrected chi connectivity index (χ4v) is 2.26. The Morgan fingerprint density at radius 3 is 2.41 bits per heavy atom. The van der Waals surface area contributed by atoms with Gasteiger partial charge in [0, 0.05) is 17.3 Å². The highest BCUT2D eigenvalue weighted by Crippen LogP contribution is 2.33. The predicted molar refractivity (Wildman–Crippen MR) is 74.4 cm³/mol. The third kappa shape index (κ3) is 2.74. The molecule has 87 valence electrons. The van der Waals surface area contributed by atoms with Crippen molar-refractivity contribution < 1.29 is 0 Å². The fraction of sp³-hybridized carbons (Fsp3) is 0.143. The van der Waals surface area contributed by atoms with Gasteiger partial charge in [-0.15, -0.1) is 0 Å². The second kappa shape index (κ2) is 5.44. The van der Waals surface area contributed by atoms with Crippen molar-refractivity contribution in [2.45, 2.75) is 6.92 Å². The third-order valence-electron chi connectivity index (χ3n) is 2.53. The molecular weight excluding hydrogens is 253 g/mol. The number of hydrogen-bond donors (Lipinski definition) is 0. The zero-order valence-corrected chi connectivity index (χ0v) is 11.0. The SMILES string of the molecule is CCN(c1cc[c]cc1)c1ccc(Cl)cc1Cl. The van der Waals surface area contributed by atoms with Crippen molar-refractivity contribution in [3.63, 3.8) is 0 Å². The average Bonchev–Trinajstić information content (AvgIpc) is 2.34.